The second-order valence-electron chi connectivity index (χ2n) is 4.97. The highest BCUT2D eigenvalue weighted by atomic mass is 15.3. The van der Waals surface area contributed by atoms with Gasteiger partial charge in [0.25, 0.3) is 0 Å². The largest absolute Gasteiger partial charge is 0.261 e. The van der Waals surface area contributed by atoms with Crippen molar-refractivity contribution in [1.82, 2.24) is 4.98 Å². The monoisotopic (exact) mass is 287 g/mol. The average Bonchev–Trinajstić information content (AvgIpc) is 2.61. The van der Waals surface area contributed by atoms with Crippen LogP contribution < -0.4 is 5.43 Å². The Bertz CT molecular complexity index is 748. The fraction of sp³-hybridized carbons (Fsp3) is 0.0526. The summed E-state index contributed by atoms with van der Waals surface area (Å²) in [5, 5.41) is 4.37. The molecule has 1 N–H and O–H groups in total. The molecule has 3 nitrogen and oxygen atoms in total. The molecular weight excluding hydrogens is 270 g/mol. The van der Waals surface area contributed by atoms with E-state index in [1.165, 1.54) is 11.1 Å². The number of benzene rings is 2. The molecule has 3 aromatic rings. The number of anilines is 1. The van der Waals surface area contributed by atoms with Crippen LogP contribution in [0.2, 0.25) is 0 Å². The molecule has 0 radical (unpaired) electrons. The molecule has 0 fully saturated rings. The molecule has 0 atom stereocenters. The normalized spacial score (nSPS) is 11.2. The molecule has 1 aromatic heterocycles. The van der Waals surface area contributed by atoms with E-state index in [2.05, 4.69) is 51.9 Å². The minimum Gasteiger partial charge on any atom is -0.261 e. The second kappa shape index (κ2) is 6.68. The molecular formula is C19H17N3. The highest BCUT2D eigenvalue weighted by molar-refractivity contribution is 5.99. The van der Waals surface area contributed by atoms with Gasteiger partial charge in [0.15, 0.2) is 0 Å². The van der Waals surface area contributed by atoms with Crippen molar-refractivity contribution in [2.75, 3.05) is 5.43 Å². The van der Waals surface area contributed by atoms with Gasteiger partial charge in [0, 0.05) is 6.20 Å². The van der Waals surface area contributed by atoms with Crippen LogP contribution >= 0.6 is 0 Å². The van der Waals surface area contributed by atoms with Crippen molar-refractivity contribution in [3.8, 4) is 11.1 Å². The molecule has 108 valence electrons. The van der Waals surface area contributed by atoms with Crippen LogP contribution in [0, 0.1) is 0 Å². The van der Waals surface area contributed by atoms with E-state index in [4.69, 9.17) is 0 Å². The molecule has 3 rings (SSSR count). The lowest BCUT2D eigenvalue weighted by molar-refractivity contribution is 1.22. The maximum Gasteiger partial charge on any atom is 0.146 e. The second-order valence-corrected chi connectivity index (χ2v) is 4.97. The summed E-state index contributed by atoms with van der Waals surface area (Å²) in [6.07, 6.45) is 1.74. The van der Waals surface area contributed by atoms with E-state index in [-0.39, 0.29) is 0 Å². The van der Waals surface area contributed by atoms with E-state index in [1.807, 2.05) is 43.3 Å². The van der Waals surface area contributed by atoms with Gasteiger partial charge < -0.3 is 0 Å². The highest BCUT2D eigenvalue weighted by Crippen LogP contribution is 2.19. The maximum atomic E-state index is 4.37. The molecule has 0 aliphatic heterocycles. The number of nitrogens with one attached hydrogen (secondary N) is 1. The summed E-state index contributed by atoms with van der Waals surface area (Å²) in [5.74, 6) is 0.739. The molecule has 0 spiro atoms. The summed E-state index contributed by atoms with van der Waals surface area (Å²) in [4.78, 5) is 4.18. The van der Waals surface area contributed by atoms with Crippen LogP contribution in [0.25, 0.3) is 11.1 Å². The number of nitrogens with zero attached hydrogens (tertiary/aromatic N) is 2. The fourth-order valence-electron chi connectivity index (χ4n) is 2.17. The van der Waals surface area contributed by atoms with Gasteiger partial charge in [0.2, 0.25) is 0 Å². The third-order valence-electron chi connectivity index (χ3n) is 3.41. The first kappa shape index (κ1) is 14.0. The van der Waals surface area contributed by atoms with Crippen LogP contribution in [0.4, 0.5) is 5.82 Å². The minimum absolute atomic E-state index is 0.739. The molecule has 3 heteroatoms. The first-order chi connectivity index (χ1) is 10.8. The van der Waals surface area contributed by atoms with Gasteiger partial charge in [-0.25, -0.2) is 4.98 Å². The summed E-state index contributed by atoms with van der Waals surface area (Å²) in [5.41, 5.74) is 7.40. The maximum absolute atomic E-state index is 4.37. The molecule has 22 heavy (non-hydrogen) atoms. The molecule has 0 bridgehead atoms. The molecule has 1 heterocycles. The van der Waals surface area contributed by atoms with Crippen molar-refractivity contribution in [3.05, 3.63) is 84.6 Å². The summed E-state index contributed by atoms with van der Waals surface area (Å²) in [6.45, 7) is 1.98. The van der Waals surface area contributed by atoms with Crippen LogP contribution in [-0.2, 0) is 0 Å². The number of aromatic nitrogens is 1. The summed E-state index contributed by atoms with van der Waals surface area (Å²) < 4.78 is 0. The summed E-state index contributed by atoms with van der Waals surface area (Å²) >= 11 is 0. The first-order valence-electron chi connectivity index (χ1n) is 7.20. The zero-order valence-corrected chi connectivity index (χ0v) is 12.4. The standard InChI is InChI=1S/C19H17N3/c1-15(21-22-19-9-5-6-14-20-19)16-10-12-18(13-11-16)17-7-3-2-4-8-17/h2-14H,1H3,(H,20,22)/b21-15+. The van der Waals surface area contributed by atoms with Gasteiger partial charge in [-0.3, -0.25) is 5.43 Å². The van der Waals surface area contributed by atoms with E-state index < -0.39 is 0 Å². The Balaban J connectivity index is 1.75. The van der Waals surface area contributed by atoms with Crippen molar-refractivity contribution in [2.24, 2.45) is 5.10 Å². The smallest absolute Gasteiger partial charge is 0.146 e. The Labute approximate surface area is 130 Å². The van der Waals surface area contributed by atoms with Gasteiger partial charge in [-0.2, -0.15) is 5.10 Å². The Morgan fingerprint density at radius 2 is 1.50 bits per heavy atom. The van der Waals surface area contributed by atoms with Gasteiger partial charge in [0.1, 0.15) is 5.82 Å². The molecule has 0 saturated carbocycles. The zero-order chi connectivity index (χ0) is 15.2. The van der Waals surface area contributed by atoms with Crippen LogP contribution in [0.15, 0.2) is 84.1 Å². The Morgan fingerprint density at radius 1 is 0.818 bits per heavy atom. The quantitative estimate of drug-likeness (QED) is 0.563. The summed E-state index contributed by atoms with van der Waals surface area (Å²) in [7, 11) is 0. The number of pyridine rings is 1. The lowest BCUT2D eigenvalue weighted by Gasteiger charge is -2.05. The lowest BCUT2D eigenvalue weighted by atomic mass is 10.0. The van der Waals surface area contributed by atoms with Gasteiger partial charge in [-0.05, 0) is 35.7 Å². The Hall–Kier alpha value is -2.94. The first-order valence-corrected chi connectivity index (χ1v) is 7.20. The molecule has 0 amide bonds. The van der Waals surface area contributed by atoms with Crippen LogP contribution in [0.1, 0.15) is 12.5 Å². The van der Waals surface area contributed by atoms with Crippen molar-refractivity contribution in [2.45, 2.75) is 6.92 Å². The SMILES string of the molecule is C/C(=N\Nc1ccccn1)c1ccc(-c2ccccc2)cc1. The topological polar surface area (TPSA) is 37.3 Å². The van der Waals surface area contributed by atoms with Crippen LogP contribution in [0.5, 0.6) is 0 Å². The van der Waals surface area contributed by atoms with Gasteiger partial charge in [-0.1, -0.05) is 60.7 Å². The van der Waals surface area contributed by atoms with Gasteiger partial charge >= 0.3 is 0 Å². The fourth-order valence-corrected chi connectivity index (χ4v) is 2.17. The highest BCUT2D eigenvalue weighted by Gasteiger charge is 2.00. The number of hydrogen-bond acceptors (Lipinski definition) is 3. The average molecular weight is 287 g/mol. The predicted molar refractivity (Wildman–Crippen MR) is 91.9 cm³/mol. The van der Waals surface area contributed by atoms with E-state index in [0.29, 0.717) is 0 Å². The van der Waals surface area contributed by atoms with Crippen LogP contribution in [0.3, 0.4) is 0 Å². The Morgan fingerprint density at radius 3 is 2.18 bits per heavy atom. The summed E-state index contributed by atoms with van der Waals surface area (Å²) in [6, 6.07) is 24.4. The molecule has 2 aromatic carbocycles. The minimum atomic E-state index is 0.739. The van der Waals surface area contributed by atoms with E-state index in [0.717, 1.165) is 17.1 Å². The lowest BCUT2D eigenvalue weighted by Crippen LogP contribution is -2.00. The van der Waals surface area contributed by atoms with Crippen LogP contribution in [-0.4, -0.2) is 10.7 Å². The number of hydrogen-bond donors (Lipinski definition) is 1. The van der Waals surface area contributed by atoms with Crippen molar-refractivity contribution >= 4 is 11.5 Å². The third-order valence-corrected chi connectivity index (χ3v) is 3.41. The van der Waals surface area contributed by atoms with Crippen molar-refractivity contribution in [3.63, 3.8) is 0 Å². The molecule has 0 aliphatic rings. The predicted octanol–water partition coefficient (Wildman–Crippen LogP) is 4.58. The molecule has 0 unspecified atom stereocenters. The van der Waals surface area contributed by atoms with Gasteiger partial charge in [0.05, 0.1) is 5.71 Å². The van der Waals surface area contributed by atoms with E-state index >= 15 is 0 Å². The third kappa shape index (κ3) is 3.38. The Kier molecular flexibility index (Phi) is 4.25. The number of hydrazone groups is 1. The van der Waals surface area contributed by atoms with Crippen molar-refractivity contribution in [1.29, 1.82) is 0 Å². The van der Waals surface area contributed by atoms with Crippen molar-refractivity contribution < 1.29 is 0 Å². The molecule has 0 saturated heterocycles. The van der Waals surface area contributed by atoms with Gasteiger partial charge in [-0.15, -0.1) is 0 Å². The zero-order valence-electron chi connectivity index (χ0n) is 12.4. The number of rotatable bonds is 4. The van der Waals surface area contributed by atoms with E-state index in [9.17, 15) is 0 Å². The van der Waals surface area contributed by atoms with E-state index in [1.54, 1.807) is 6.20 Å². The molecule has 0 aliphatic carbocycles.